The fraction of sp³-hybridized carbons (Fsp3) is 0.333. The van der Waals surface area contributed by atoms with Crippen LogP contribution in [0.15, 0.2) is 36.4 Å². The van der Waals surface area contributed by atoms with Crippen LogP contribution in [0.4, 0.5) is 4.39 Å². The Morgan fingerprint density at radius 1 is 1.00 bits per heavy atom. The molecule has 0 aliphatic carbocycles. The van der Waals surface area contributed by atoms with Gasteiger partial charge in [0.05, 0.1) is 6.10 Å². The van der Waals surface area contributed by atoms with E-state index in [1.54, 1.807) is 0 Å². The van der Waals surface area contributed by atoms with Crippen molar-refractivity contribution in [1.82, 2.24) is 0 Å². The van der Waals surface area contributed by atoms with E-state index in [2.05, 4.69) is 24.3 Å². The molecule has 0 heterocycles. The van der Waals surface area contributed by atoms with E-state index in [4.69, 9.17) is 0 Å². The summed E-state index contributed by atoms with van der Waals surface area (Å²) in [7, 11) is 0. The maximum Gasteiger partial charge on any atom is 0.129 e. The Balaban J connectivity index is 2.09. The van der Waals surface area contributed by atoms with Crippen LogP contribution in [-0.4, -0.2) is 5.11 Å². The summed E-state index contributed by atoms with van der Waals surface area (Å²) in [5.74, 6) is -0.307. The molecule has 0 bridgehead atoms. The highest BCUT2D eigenvalue weighted by Gasteiger charge is 2.16. The molecule has 0 radical (unpaired) electrons. The molecule has 0 aromatic heterocycles. The number of aliphatic hydroxyl groups excluding tert-OH is 1. The van der Waals surface area contributed by atoms with Crippen LogP contribution < -0.4 is 0 Å². The third-order valence-electron chi connectivity index (χ3n) is 3.64. The summed E-state index contributed by atoms with van der Waals surface area (Å²) in [5, 5.41) is 10.2. The van der Waals surface area contributed by atoms with Crippen molar-refractivity contribution in [2.75, 3.05) is 0 Å². The topological polar surface area (TPSA) is 20.2 Å². The van der Waals surface area contributed by atoms with Gasteiger partial charge in [-0.2, -0.15) is 0 Å². The zero-order chi connectivity index (χ0) is 14.7. The summed E-state index contributed by atoms with van der Waals surface area (Å²) < 4.78 is 14.0. The van der Waals surface area contributed by atoms with Gasteiger partial charge >= 0.3 is 0 Å². The fourth-order valence-corrected chi connectivity index (χ4v) is 2.55. The number of halogens is 1. The summed E-state index contributed by atoms with van der Waals surface area (Å²) in [5.41, 5.74) is 4.52. The molecule has 0 saturated heterocycles. The first kappa shape index (κ1) is 14.7. The molecule has 0 aliphatic heterocycles. The normalized spacial score (nSPS) is 12.4. The highest BCUT2D eigenvalue weighted by Crippen LogP contribution is 2.26. The van der Waals surface area contributed by atoms with Crippen LogP contribution in [0.5, 0.6) is 0 Å². The minimum Gasteiger partial charge on any atom is -0.388 e. The quantitative estimate of drug-likeness (QED) is 0.873. The summed E-state index contributed by atoms with van der Waals surface area (Å²) in [6.45, 7) is 5.75. The molecule has 0 saturated carbocycles. The largest absolute Gasteiger partial charge is 0.388 e. The highest BCUT2D eigenvalue weighted by atomic mass is 19.1. The second kappa shape index (κ2) is 6.19. The summed E-state index contributed by atoms with van der Waals surface area (Å²) in [6.07, 6.45) is 0.523. The minimum atomic E-state index is -0.753. The number of rotatable bonds is 4. The zero-order valence-electron chi connectivity index (χ0n) is 12.3. The molecule has 0 amide bonds. The van der Waals surface area contributed by atoms with Gasteiger partial charge in [0.1, 0.15) is 5.82 Å². The van der Waals surface area contributed by atoms with Gasteiger partial charge in [0, 0.05) is 5.56 Å². The van der Waals surface area contributed by atoms with Crippen molar-refractivity contribution in [1.29, 1.82) is 0 Å². The SMILES string of the molecule is Cc1ccc(CCC(O)c2c(C)cc(C)cc2F)cc1. The van der Waals surface area contributed by atoms with Crippen molar-refractivity contribution in [3.63, 3.8) is 0 Å². The van der Waals surface area contributed by atoms with Gasteiger partial charge in [0.25, 0.3) is 0 Å². The molecule has 1 N–H and O–H groups in total. The van der Waals surface area contributed by atoms with Gasteiger partial charge < -0.3 is 5.11 Å². The van der Waals surface area contributed by atoms with Crippen molar-refractivity contribution in [2.24, 2.45) is 0 Å². The molecule has 1 unspecified atom stereocenters. The molecular formula is C18H21FO. The number of hydrogen-bond acceptors (Lipinski definition) is 1. The maximum atomic E-state index is 14.0. The van der Waals surface area contributed by atoms with Crippen LogP contribution in [-0.2, 0) is 6.42 Å². The first-order valence-electron chi connectivity index (χ1n) is 6.97. The Morgan fingerprint density at radius 3 is 2.25 bits per heavy atom. The lowest BCUT2D eigenvalue weighted by atomic mass is 9.96. The zero-order valence-corrected chi connectivity index (χ0v) is 12.3. The van der Waals surface area contributed by atoms with Gasteiger partial charge in [-0.1, -0.05) is 35.9 Å². The summed E-state index contributed by atoms with van der Waals surface area (Å²) in [4.78, 5) is 0. The minimum absolute atomic E-state index is 0.307. The van der Waals surface area contributed by atoms with Crippen LogP contribution in [0, 0.1) is 26.6 Å². The van der Waals surface area contributed by atoms with Gasteiger partial charge in [0.15, 0.2) is 0 Å². The fourth-order valence-electron chi connectivity index (χ4n) is 2.55. The second-order valence-corrected chi connectivity index (χ2v) is 5.52. The molecular weight excluding hydrogens is 251 g/mol. The van der Waals surface area contributed by atoms with E-state index in [0.717, 1.165) is 17.5 Å². The van der Waals surface area contributed by atoms with Crippen molar-refractivity contribution in [3.05, 3.63) is 70.0 Å². The Labute approximate surface area is 120 Å². The van der Waals surface area contributed by atoms with E-state index >= 15 is 0 Å². The first-order chi connectivity index (χ1) is 9.47. The van der Waals surface area contributed by atoms with Crippen molar-refractivity contribution in [2.45, 2.75) is 39.7 Å². The average molecular weight is 272 g/mol. The van der Waals surface area contributed by atoms with Crippen LogP contribution in [0.25, 0.3) is 0 Å². The van der Waals surface area contributed by atoms with E-state index in [0.29, 0.717) is 12.0 Å². The Bertz CT molecular complexity index is 564. The van der Waals surface area contributed by atoms with Crippen LogP contribution in [0.3, 0.4) is 0 Å². The Hall–Kier alpha value is -1.67. The monoisotopic (exact) mass is 272 g/mol. The lowest BCUT2D eigenvalue weighted by Gasteiger charge is -2.15. The molecule has 106 valence electrons. The van der Waals surface area contributed by atoms with Crippen molar-refractivity contribution < 1.29 is 9.50 Å². The molecule has 2 aromatic rings. The molecule has 2 rings (SSSR count). The Kier molecular flexibility index (Phi) is 4.56. The number of hydrogen-bond donors (Lipinski definition) is 1. The number of aryl methyl sites for hydroxylation is 4. The first-order valence-corrected chi connectivity index (χ1v) is 6.97. The second-order valence-electron chi connectivity index (χ2n) is 5.52. The summed E-state index contributed by atoms with van der Waals surface area (Å²) in [6, 6.07) is 11.6. The van der Waals surface area contributed by atoms with E-state index < -0.39 is 6.10 Å². The van der Waals surface area contributed by atoms with Gasteiger partial charge in [-0.05, 0) is 56.4 Å². The van der Waals surface area contributed by atoms with Crippen molar-refractivity contribution in [3.8, 4) is 0 Å². The molecule has 0 fully saturated rings. The molecule has 20 heavy (non-hydrogen) atoms. The van der Waals surface area contributed by atoms with Crippen molar-refractivity contribution >= 4 is 0 Å². The van der Waals surface area contributed by atoms with Gasteiger partial charge in [-0.25, -0.2) is 4.39 Å². The van der Waals surface area contributed by atoms with Crippen LogP contribution in [0.1, 0.15) is 40.3 Å². The lowest BCUT2D eigenvalue weighted by molar-refractivity contribution is 0.162. The van der Waals surface area contributed by atoms with E-state index in [1.165, 1.54) is 17.2 Å². The number of aliphatic hydroxyl groups is 1. The summed E-state index contributed by atoms with van der Waals surface area (Å²) >= 11 is 0. The molecule has 1 atom stereocenters. The predicted molar refractivity (Wildman–Crippen MR) is 80.3 cm³/mol. The highest BCUT2D eigenvalue weighted by molar-refractivity contribution is 5.33. The van der Waals surface area contributed by atoms with E-state index in [-0.39, 0.29) is 5.82 Å². The van der Waals surface area contributed by atoms with Gasteiger partial charge in [0.2, 0.25) is 0 Å². The number of benzene rings is 2. The van der Waals surface area contributed by atoms with E-state index in [9.17, 15) is 9.50 Å². The molecule has 2 heteroatoms. The lowest BCUT2D eigenvalue weighted by Crippen LogP contribution is -2.05. The Morgan fingerprint density at radius 2 is 1.65 bits per heavy atom. The maximum absolute atomic E-state index is 14.0. The van der Waals surface area contributed by atoms with Gasteiger partial charge in [-0.15, -0.1) is 0 Å². The smallest absolute Gasteiger partial charge is 0.129 e. The third kappa shape index (κ3) is 3.45. The van der Waals surface area contributed by atoms with Gasteiger partial charge in [-0.3, -0.25) is 0 Å². The average Bonchev–Trinajstić information content (AvgIpc) is 2.37. The van der Waals surface area contributed by atoms with Crippen LogP contribution in [0.2, 0.25) is 0 Å². The molecule has 0 spiro atoms. The van der Waals surface area contributed by atoms with E-state index in [1.807, 2.05) is 26.8 Å². The molecule has 2 aromatic carbocycles. The predicted octanol–water partition coefficient (Wildman–Crippen LogP) is 4.42. The molecule has 0 aliphatic rings. The molecule has 1 nitrogen and oxygen atoms in total. The third-order valence-corrected chi connectivity index (χ3v) is 3.64. The standard InChI is InChI=1S/C18H21FO/c1-12-4-6-15(7-5-12)8-9-17(20)18-14(3)10-13(2)11-16(18)19/h4-7,10-11,17,20H,8-9H2,1-3H3. The van der Waals surface area contributed by atoms with Crippen LogP contribution >= 0.6 is 0 Å².